The number of hydrazine groups is 1. The first kappa shape index (κ1) is 13.6. The molecule has 1 saturated heterocycles. The van der Waals surface area contributed by atoms with Crippen LogP contribution in [0, 0.1) is 0 Å². The Hall–Kier alpha value is -2.05. The molecule has 2 aromatic rings. The number of hydrogen-bond donors (Lipinski definition) is 3. The number of rotatable bonds is 3. The molecule has 1 aliphatic carbocycles. The Balaban J connectivity index is 1.72. The highest BCUT2D eigenvalue weighted by Crippen LogP contribution is 2.29. The molecule has 4 rings (SSSR count). The Labute approximate surface area is 129 Å². The van der Waals surface area contributed by atoms with E-state index >= 15 is 0 Å². The summed E-state index contributed by atoms with van der Waals surface area (Å²) in [4.78, 5) is 13.6. The van der Waals surface area contributed by atoms with Gasteiger partial charge in [0, 0.05) is 41.8 Å². The third-order valence-electron chi connectivity index (χ3n) is 4.45. The smallest absolute Gasteiger partial charge is 0.161 e. The minimum Gasteiger partial charge on any atom is -0.364 e. The molecule has 2 atom stereocenters. The largest absolute Gasteiger partial charge is 0.364 e. The molecule has 0 bridgehead atoms. The van der Waals surface area contributed by atoms with Crippen molar-refractivity contribution < 1.29 is 0 Å². The zero-order chi connectivity index (χ0) is 14.9. The minimum absolute atomic E-state index is 0.338. The lowest BCUT2D eigenvalue weighted by atomic mass is 10.1. The van der Waals surface area contributed by atoms with Gasteiger partial charge in [0.15, 0.2) is 5.82 Å². The molecule has 2 aromatic heterocycles. The van der Waals surface area contributed by atoms with Crippen LogP contribution in [0.15, 0.2) is 24.5 Å². The molecule has 1 aliphatic heterocycles. The first-order chi connectivity index (χ1) is 10.8. The second kappa shape index (κ2) is 5.62. The molecular formula is C16H20N6. The van der Waals surface area contributed by atoms with Gasteiger partial charge in [-0.3, -0.25) is 15.8 Å². The van der Waals surface area contributed by atoms with Crippen LogP contribution in [-0.4, -0.2) is 33.6 Å². The van der Waals surface area contributed by atoms with E-state index in [1.54, 1.807) is 12.4 Å². The number of hydrogen-bond acceptors (Lipinski definition) is 6. The van der Waals surface area contributed by atoms with E-state index in [0.29, 0.717) is 12.1 Å². The molecule has 6 heteroatoms. The molecule has 114 valence electrons. The lowest BCUT2D eigenvalue weighted by Gasteiger charge is -2.19. The van der Waals surface area contributed by atoms with Gasteiger partial charge in [-0.25, -0.2) is 9.97 Å². The normalized spacial score (nSPS) is 23.5. The first-order valence-corrected chi connectivity index (χ1v) is 7.86. The highest BCUT2D eigenvalue weighted by atomic mass is 15.4. The standard InChI is InChI=1S/C16H20N6/c1-10-14(9-18-22-10)20-16-12-3-2-4-13(12)19-15(21-16)11-5-7-17-8-6-11/h5-8,10,14,18,22H,2-4,9H2,1H3,(H,19,20,21). The Morgan fingerprint density at radius 1 is 1.18 bits per heavy atom. The third kappa shape index (κ3) is 2.44. The van der Waals surface area contributed by atoms with Gasteiger partial charge in [-0.15, -0.1) is 0 Å². The maximum atomic E-state index is 4.81. The fraction of sp³-hybridized carbons (Fsp3) is 0.438. The van der Waals surface area contributed by atoms with E-state index in [2.05, 4.69) is 28.1 Å². The summed E-state index contributed by atoms with van der Waals surface area (Å²) < 4.78 is 0. The zero-order valence-corrected chi connectivity index (χ0v) is 12.6. The molecule has 2 unspecified atom stereocenters. The summed E-state index contributed by atoms with van der Waals surface area (Å²) >= 11 is 0. The van der Waals surface area contributed by atoms with Crippen LogP contribution in [0.5, 0.6) is 0 Å². The number of aromatic nitrogens is 3. The predicted octanol–water partition coefficient (Wildman–Crippen LogP) is 1.30. The molecule has 0 spiro atoms. The lowest BCUT2D eigenvalue weighted by Crippen LogP contribution is -2.34. The van der Waals surface area contributed by atoms with E-state index in [1.165, 1.54) is 11.3 Å². The zero-order valence-electron chi connectivity index (χ0n) is 12.6. The summed E-state index contributed by atoms with van der Waals surface area (Å²) in [6.45, 7) is 3.06. The summed E-state index contributed by atoms with van der Waals surface area (Å²) in [6.07, 6.45) is 6.84. The van der Waals surface area contributed by atoms with Crippen molar-refractivity contribution in [2.24, 2.45) is 0 Å². The van der Waals surface area contributed by atoms with Crippen LogP contribution in [0.25, 0.3) is 11.4 Å². The fourth-order valence-electron chi connectivity index (χ4n) is 3.14. The SMILES string of the molecule is CC1NNCC1Nc1nc(-c2ccncc2)nc2c1CCC2. The van der Waals surface area contributed by atoms with Gasteiger partial charge in [0.2, 0.25) is 0 Å². The number of nitrogens with zero attached hydrogens (tertiary/aromatic N) is 3. The average molecular weight is 296 g/mol. The van der Waals surface area contributed by atoms with Crippen molar-refractivity contribution in [2.45, 2.75) is 38.3 Å². The number of pyridine rings is 1. The van der Waals surface area contributed by atoms with Gasteiger partial charge in [-0.05, 0) is 38.3 Å². The number of aryl methyl sites for hydroxylation is 1. The van der Waals surface area contributed by atoms with Crippen LogP contribution < -0.4 is 16.2 Å². The van der Waals surface area contributed by atoms with E-state index in [1.807, 2.05) is 12.1 Å². The fourth-order valence-corrected chi connectivity index (χ4v) is 3.14. The molecule has 0 saturated carbocycles. The second-order valence-corrected chi connectivity index (χ2v) is 5.98. The van der Waals surface area contributed by atoms with Crippen molar-refractivity contribution in [3.63, 3.8) is 0 Å². The molecule has 2 aliphatic rings. The van der Waals surface area contributed by atoms with Crippen molar-refractivity contribution in [3.8, 4) is 11.4 Å². The van der Waals surface area contributed by atoms with Crippen LogP contribution in [0.2, 0.25) is 0 Å². The van der Waals surface area contributed by atoms with Crippen molar-refractivity contribution in [1.82, 2.24) is 25.8 Å². The molecule has 3 heterocycles. The van der Waals surface area contributed by atoms with Gasteiger partial charge >= 0.3 is 0 Å². The van der Waals surface area contributed by atoms with E-state index in [0.717, 1.165) is 43.0 Å². The van der Waals surface area contributed by atoms with Crippen LogP contribution in [0.4, 0.5) is 5.82 Å². The molecular weight excluding hydrogens is 276 g/mol. The summed E-state index contributed by atoms with van der Waals surface area (Å²) in [5.41, 5.74) is 9.93. The monoisotopic (exact) mass is 296 g/mol. The van der Waals surface area contributed by atoms with E-state index in [4.69, 9.17) is 9.97 Å². The first-order valence-electron chi connectivity index (χ1n) is 7.86. The minimum atomic E-state index is 0.338. The Kier molecular flexibility index (Phi) is 3.48. The van der Waals surface area contributed by atoms with Crippen LogP contribution in [0.3, 0.4) is 0 Å². The summed E-state index contributed by atoms with van der Waals surface area (Å²) in [5.74, 6) is 1.79. The Morgan fingerprint density at radius 3 is 2.82 bits per heavy atom. The summed E-state index contributed by atoms with van der Waals surface area (Å²) in [5, 5.41) is 3.61. The second-order valence-electron chi connectivity index (χ2n) is 5.98. The van der Waals surface area contributed by atoms with Gasteiger partial charge in [0.1, 0.15) is 5.82 Å². The summed E-state index contributed by atoms with van der Waals surface area (Å²) in [7, 11) is 0. The highest BCUT2D eigenvalue weighted by Gasteiger charge is 2.26. The third-order valence-corrected chi connectivity index (χ3v) is 4.45. The lowest BCUT2D eigenvalue weighted by molar-refractivity contribution is 0.577. The maximum Gasteiger partial charge on any atom is 0.161 e. The predicted molar refractivity (Wildman–Crippen MR) is 85.3 cm³/mol. The van der Waals surface area contributed by atoms with E-state index < -0.39 is 0 Å². The molecule has 0 aromatic carbocycles. The molecule has 3 N–H and O–H groups in total. The van der Waals surface area contributed by atoms with Crippen LogP contribution >= 0.6 is 0 Å². The van der Waals surface area contributed by atoms with Crippen LogP contribution in [-0.2, 0) is 12.8 Å². The van der Waals surface area contributed by atoms with Gasteiger partial charge in [0.25, 0.3) is 0 Å². The summed E-state index contributed by atoms with van der Waals surface area (Å²) in [6, 6.07) is 4.63. The van der Waals surface area contributed by atoms with Gasteiger partial charge in [-0.2, -0.15) is 0 Å². The van der Waals surface area contributed by atoms with Crippen molar-refractivity contribution in [2.75, 3.05) is 11.9 Å². The Morgan fingerprint density at radius 2 is 2.05 bits per heavy atom. The van der Waals surface area contributed by atoms with E-state index in [-0.39, 0.29) is 0 Å². The van der Waals surface area contributed by atoms with Gasteiger partial charge in [0.05, 0.1) is 6.04 Å². The molecule has 0 amide bonds. The average Bonchev–Trinajstić information content (AvgIpc) is 3.17. The maximum absolute atomic E-state index is 4.81. The van der Waals surface area contributed by atoms with Crippen molar-refractivity contribution >= 4 is 5.82 Å². The topological polar surface area (TPSA) is 74.8 Å². The molecule has 1 fully saturated rings. The molecule has 22 heavy (non-hydrogen) atoms. The van der Waals surface area contributed by atoms with E-state index in [9.17, 15) is 0 Å². The highest BCUT2D eigenvalue weighted by molar-refractivity contribution is 5.60. The Bertz CT molecular complexity index is 672. The number of anilines is 1. The number of nitrogens with one attached hydrogen (secondary N) is 3. The van der Waals surface area contributed by atoms with Crippen LogP contribution in [0.1, 0.15) is 24.6 Å². The number of fused-ring (bicyclic) bond motifs is 1. The van der Waals surface area contributed by atoms with Gasteiger partial charge in [-0.1, -0.05) is 0 Å². The molecule has 0 radical (unpaired) electrons. The van der Waals surface area contributed by atoms with Crippen molar-refractivity contribution in [1.29, 1.82) is 0 Å². The quantitative estimate of drug-likeness (QED) is 0.793. The van der Waals surface area contributed by atoms with Crippen molar-refractivity contribution in [3.05, 3.63) is 35.8 Å². The van der Waals surface area contributed by atoms with Gasteiger partial charge < -0.3 is 5.32 Å². The molecule has 6 nitrogen and oxygen atoms in total.